The van der Waals surface area contributed by atoms with Crippen molar-refractivity contribution in [3.8, 4) is 0 Å². The third-order valence-electron chi connectivity index (χ3n) is 1.88. The molecule has 1 aromatic heterocycles. The Hall–Kier alpha value is -1.45. The number of aliphatic imine (C=N–C) groups is 1. The Labute approximate surface area is 76.9 Å². The minimum absolute atomic E-state index is 0.421. The van der Waals surface area contributed by atoms with Crippen molar-refractivity contribution < 1.29 is 0 Å². The van der Waals surface area contributed by atoms with Crippen LogP contribution in [-0.4, -0.2) is 21.8 Å². The number of hydrogen-bond acceptors (Lipinski definition) is 3. The second-order valence-electron chi connectivity index (χ2n) is 3.33. The second kappa shape index (κ2) is 3.12. The van der Waals surface area contributed by atoms with Crippen molar-refractivity contribution in [2.75, 3.05) is 0 Å². The zero-order valence-corrected chi connectivity index (χ0v) is 7.57. The summed E-state index contributed by atoms with van der Waals surface area (Å²) in [7, 11) is 0. The zero-order chi connectivity index (χ0) is 9.26. The molecule has 1 aliphatic carbocycles. The molecule has 0 saturated heterocycles. The summed E-state index contributed by atoms with van der Waals surface area (Å²) in [5.74, 6) is 1.00. The van der Waals surface area contributed by atoms with Crippen molar-refractivity contribution in [1.29, 1.82) is 0 Å². The normalized spacial score (nSPS) is 17.5. The molecule has 2 N–H and O–H groups in total. The smallest absolute Gasteiger partial charge is 0.194 e. The van der Waals surface area contributed by atoms with E-state index < -0.39 is 0 Å². The minimum atomic E-state index is 0.421. The van der Waals surface area contributed by atoms with Crippen LogP contribution in [-0.2, 0) is 0 Å². The Morgan fingerprint density at radius 1 is 1.46 bits per heavy atom. The van der Waals surface area contributed by atoms with Crippen LogP contribution in [0.4, 0.5) is 0 Å². The van der Waals surface area contributed by atoms with Crippen molar-refractivity contribution in [2.24, 2.45) is 10.7 Å². The number of hydrogen-bond donors (Lipinski definition) is 1. The van der Waals surface area contributed by atoms with E-state index in [0.29, 0.717) is 17.7 Å². The van der Waals surface area contributed by atoms with E-state index in [-0.39, 0.29) is 0 Å². The number of amidine groups is 1. The van der Waals surface area contributed by atoms with Gasteiger partial charge in [0, 0.05) is 12.4 Å². The number of rotatable bonds is 2. The van der Waals surface area contributed by atoms with Crippen molar-refractivity contribution in [1.82, 2.24) is 9.97 Å². The maximum atomic E-state index is 5.71. The van der Waals surface area contributed by atoms with Crippen LogP contribution in [0.3, 0.4) is 0 Å². The van der Waals surface area contributed by atoms with Gasteiger partial charge in [0.05, 0.1) is 6.04 Å². The van der Waals surface area contributed by atoms with Crippen LogP contribution >= 0.6 is 0 Å². The summed E-state index contributed by atoms with van der Waals surface area (Å²) in [4.78, 5) is 12.4. The van der Waals surface area contributed by atoms with Gasteiger partial charge in [0.25, 0.3) is 0 Å². The van der Waals surface area contributed by atoms with E-state index >= 15 is 0 Å². The fourth-order valence-corrected chi connectivity index (χ4v) is 0.983. The SMILES string of the molecule is Cc1cnc(C(N)=NC2CC2)nc1. The van der Waals surface area contributed by atoms with Gasteiger partial charge in [0.15, 0.2) is 11.7 Å². The summed E-state index contributed by atoms with van der Waals surface area (Å²) in [5, 5.41) is 0. The highest BCUT2D eigenvalue weighted by atomic mass is 15.0. The van der Waals surface area contributed by atoms with Gasteiger partial charge in [-0.3, -0.25) is 4.99 Å². The molecule has 0 aromatic carbocycles. The molecule has 0 spiro atoms. The Morgan fingerprint density at radius 2 is 2.08 bits per heavy atom. The van der Waals surface area contributed by atoms with Gasteiger partial charge in [-0.2, -0.15) is 0 Å². The number of aromatic nitrogens is 2. The molecule has 0 radical (unpaired) electrons. The Kier molecular flexibility index (Phi) is 1.96. The minimum Gasteiger partial charge on any atom is -0.381 e. The van der Waals surface area contributed by atoms with Gasteiger partial charge in [-0.05, 0) is 25.3 Å². The van der Waals surface area contributed by atoms with Gasteiger partial charge < -0.3 is 5.73 Å². The Balaban J connectivity index is 2.19. The molecule has 0 amide bonds. The van der Waals surface area contributed by atoms with Gasteiger partial charge in [0.1, 0.15) is 0 Å². The lowest BCUT2D eigenvalue weighted by Gasteiger charge is -1.98. The van der Waals surface area contributed by atoms with Crippen LogP contribution in [0.15, 0.2) is 17.4 Å². The highest BCUT2D eigenvalue weighted by Crippen LogP contribution is 2.23. The second-order valence-corrected chi connectivity index (χ2v) is 3.33. The predicted molar refractivity (Wildman–Crippen MR) is 50.5 cm³/mol. The van der Waals surface area contributed by atoms with Crippen molar-refractivity contribution in [3.05, 3.63) is 23.8 Å². The number of nitrogens with two attached hydrogens (primary N) is 1. The molecule has 1 heterocycles. The average Bonchev–Trinajstić information content (AvgIpc) is 2.89. The molecule has 4 nitrogen and oxygen atoms in total. The van der Waals surface area contributed by atoms with E-state index in [0.717, 1.165) is 18.4 Å². The standard InChI is InChI=1S/C9H12N4/c1-6-4-11-9(12-5-6)8(10)13-7-2-3-7/h4-5,7H,2-3H2,1H3,(H2,10,13). The van der Waals surface area contributed by atoms with Crippen LogP contribution in [0, 0.1) is 6.92 Å². The van der Waals surface area contributed by atoms with Gasteiger partial charge >= 0.3 is 0 Å². The first-order chi connectivity index (χ1) is 6.25. The third-order valence-corrected chi connectivity index (χ3v) is 1.88. The summed E-state index contributed by atoms with van der Waals surface area (Å²) in [6, 6.07) is 0.421. The molecule has 0 atom stereocenters. The lowest BCUT2D eigenvalue weighted by molar-refractivity contribution is 1.03. The van der Waals surface area contributed by atoms with Crippen LogP contribution in [0.25, 0.3) is 0 Å². The van der Waals surface area contributed by atoms with E-state index in [1.54, 1.807) is 12.4 Å². The molecule has 0 aliphatic heterocycles. The quantitative estimate of drug-likeness (QED) is 0.531. The largest absolute Gasteiger partial charge is 0.381 e. The van der Waals surface area contributed by atoms with Crippen molar-refractivity contribution >= 4 is 5.84 Å². The molecule has 1 saturated carbocycles. The maximum absolute atomic E-state index is 5.71. The van der Waals surface area contributed by atoms with E-state index in [9.17, 15) is 0 Å². The summed E-state index contributed by atoms with van der Waals surface area (Å²) in [5.41, 5.74) is 6.74. The first-order valence-electron chi connectivity index (χ1n) is 4.38. The van der Waals surface area contributed by atoms with E-state index in [4.69, 9.17) is 5.73 Å². The summed E-state index contributed by atoms with van der Waals surface area (Å²) >= 11 is 0. The average molecular weight is 176 g/mol. The molecule has 0 unspecified atom stereocenters. The van der Waals surface area contributed by atoms with Crippen molar-refractivity contribution in [3.63, 3.8) is 0 Å². The molecule has 4 heteroatoms. The van der Waals surface area contributed by atoms with Crippen LogP contribution in [0.2, 0.25) is 0 Å². The highest BCUT2D eigenvalue weighted by molar-refractivity contribution is 5.94. The molecule has 68 valence electrons. The fraction of sp³-hybridized carbons (Fsp3) is 0.444. The van der Waals surface area contributed by atoms with Crippen LogP contribution < -0.4 is 5.73 Å². The van der Waals surface area contributed by atoms with Gasteiger partial charge in [-0.1, -0.05) is 0 Å². The third kappa shape index (κ3) is 2.02. The summed E-state index contributed by atoms with van der Waals surface area (Å²) in [6.45, 7) is 1.94. The summed E-state index contributed by atoms with van der Waals surface area (Å²) < 4.78 is 0. The van der Waals surface area contributed by atoms with Crippen LogP contribution in [0.1, 0.15) is 24.2 Å². The highest BCUT2D eigenvalue weighted by Gasteiger charge is 2.21. The van der Waals surface area contributed by atoms with Gasteiger partial charge in [-0.15, -0.1) is 0 Å². The molecule has 1 fully saturated rings. The van der Waals surface area contributed by atoms with E-state index in [1.165, 1.54) is 0 Å². The molecular formula is C9H12N4. The first kappa shape index (κ1) is 8.16. The van der Waals surface area contributed by atoms with Gasteiger partial charge in [0.2, 0.25) is 0 Å². The maximum Gasteiger partial charge on any atom is 0.194 e. The van der Waals surface area contributed by atoms with E-state index in [2.05, 4.69) is 15.0 Å². The molecule has 2 rings (SSSR count). The number of nitrogens with zero attached hydrogens (tertiary/aromatic N) is 3. The van der Waals surface area contributed by atoms with Crippen molar-refractivity contribution in [2.45, 2.75) is 25.8 Å². The number of aryl methyl sites for hydroxylation is 1. The van der Waals surface area contributed by atoms with E-state index in [1.807, 2.05) is 6.92 Å². The molecule has 1 aromatic rings. The lowest BCUT2D eigenvalue weighted by atomic mass is 10.4. The molecule has 0 bridgehead atoms. The molecule has 13 heavy (non-hydrogen) atoms. The monoisotopic (exact) mass is 176 g/mol. The Morgan fingerprint density at radius 3 is 2.62 bits per heavy atom. The molecule has 1 aliphatic rings. The predicted octanol–water partition coefficient (Wildman–Crippen LogP) is 0.653. The summed E-state index contributed by atoms with van der Waals surface area (Å²) in [6.07, 6.45) is 5.79. The van der Waals surface area contributed by atoms with Gasteiger partial charge in [-0.25, -0.2) is 9.97 Å². The lowest BCUT2D eigenvalue weighted by Crippen LogP contribution is -2.17. The fourth-order valence-electron chi connectivity index (χ4n) is 0.983. The first-order valence-corrected chi connectivity index (χ1v) is 4.38. The van der Waals surface area contributed by atoms with Crippen LogP contribution in [0.5, 0.6) is 0 Å². The zero-order valence-electron chi connectivity index (χ0n) is 7.57. The topological polar surface area (TPSA) is 64.2 Å². The molecular weight excluding hydrogens is 164 g/mol. The Bertz CT molecular complexity index is 324.